The van der Waals surface area contributed by atoms with Gasteiger partial charge in [0.1, 0.15) is 17.7 Å². The van der Waals surface area contributed by atoms with Gasteiger partial charge in [0.15, 0.2) is 11.6 Å². The summed E-state index contributed by atoms with van der Waals surface area (Å²) < 4.78 is 42.2. The quantitative estimate of drug-likeness (QED) is 0.321. The number of carbonyl (C=O) groups is 2. The van der Waals surface area contributed by atoms with Crippen LogP contribution >= 0.6 is 0 Å². The number of nitrogens with two attached hydrogens (primary N) is 1. The molecular weight excluding hydrogens is 473 g/mol. The number of aryl methyl sites for hydroxylation is 1. The molecule has 4 aromatic rings. The van der Waals surface area contributed by atoms with Crippen LogP contribution in [0.15, 0.2) is 48.8 Å². The van der Waals surface area contributed by atoms with Gasteiger partial charge in [0, 0.05) is 11.1 Å². The molecule has 0 aliphatic carbocycles. The highest BCUT2D eigenvalue weighted by Crippen LogP contribution is 2.29. The van der Waals surface area contributed by atoms with E-state index >= 15 is 0 Å². The van der Waals surface area contributed by atoms with Gasteiger partial charge in [-0.2, -0.15) is 4.39 Å². The Morgan fingerprint density at radius 3 is 2.53 bits per heavy atom. The summed E-state index contributed by atoms with van der Waals surface area (Å²) in [7, 11) is 0. The van der Waals surface area contributed by atoms with E-state index in [4.69, 9.17) is 5.73 Å². The second-order valence-electron chi connectivity index (χ2n) is 7.96. The second kappa shape index (κ2) is 9.98. The third-order valence-corrected chi connectivity index (χ3v) is 5.63. The largest absolute Gasteiger partial charge is 0.366 e. The molecule has 2 aromatic carbocycles. The number of halogens is 3. The van der Waals surface area contributed by atoms with Gasteiger partial charge in [-0.15, -0.1) is 0 Å². The summed E-state index contributed by atoms with van der Waals surface area (Å²) in [5.41, 5.74) is 5.49. The Balaban J connectivity index is 1.62. The zero-order valence-corrected chi connectivity index (χ0v) is 19.3. The standard InChI is InChI=1S/C25H21F3N6O2/c1-3-17(34-24-16-9-5-8-15(23(29)35)21(16)30-11-31-24)13-6-4-7-14(10-13)33-25(36)18-20(27)19(26)12(2)32-22(18)28/h4-11,17H,3H2,1-2H3,(H2,29,35)(H,33,36)(H,30,31,34). The lowest BCUT2D eigenvalue weighted by atomic mass is 10.0. The number of carbonyl (C=O) groups excluding carboxylic acids is 2. The third-order valence-electron chi connectivity index (χ3n) is 5.63. The van der Waals surface area contributed by atoms with Crippen molar-refractivity contribution in [1.29, 1.82) is 0 Å². The third kappa shape index (κ3) is 4.67. The van der Waals surface area contributed by atoms with E-state index in [1.54, 1.807) is 36.4 Å². The molecule has 0 radical (unpaired) electrons. The number of benzene rings is 2. The Bertz CT molecular complexity index is 1490. The Morgan fingerprint density at radius 1 is 1.06 bits per heavy atom. The van der Waals surface area contributed by atoms with Gasteiger partial charge in [-0.05, 0) is 43.2 Å². The normalized spacial score (nSPS) is 11.8. The monoisotopic (exact) mass is 494 g/mol. The van der Waals surface area contributed by atoms with Crippen LogP contribution in [0.2, 0.25) is 0 Å². The van der Waals surface area contributed by atoms with Crippen molar-refractivity contribution in [3.05, 3.63) is 88.8 Å². The van der Waals surface area contributed by atoms with E-state index in [2.05, 4.69) is 25.6 Å². The molecule has 11 heteroatoms. The maximum atomic E-state index is 14.2. The van der Waals surface area contributed by atoms with Crippen LogP contribution in [0, 0.1) is 24.5 Å². The molecule has 0 aliphatic rings. The number of nitrogens with one attached hydrogen (secondary N) is 2. The Kier molecular flexibility index (Phi) is 6.82. The summed E-state index contributed by atoms with van der Waals surface area (Å²) >= 11 is 0. The first-order valence-electron chi connectivity index (χ1n) is 10.9. The maximum Gasteiger partial charge on any atom is 0.263 e. The first-order chi connectivity index (χ1) is 17.2. The molecule has 0 spiro atoms. The predicted octanol–water partition coefficient (Wildman–Crippen LogP) is 4.66. The van der Waals surface area contributed by atoms with Gasteiger partial charge < -0.3 is 16.4 Å². The predicted molar refractivity (Wildman–Crippen MR) is 128 cm³/mol. The van der Waals surface area contributed by atoms with Gasteiger partial charge in [-0.3, -0.25) is 9.59 Å². The number of para-hydroxylation sites is 1. The van der Waals surface area contributed by atoms with Crippen molar-refractivity contribution in [3.63, 3.8) is 0 Å². The molecule has 2 aromatic heterocycles. The molecule has 0 fully saturated rings. The number of hydrogen-bond donors (Lipinski definition) is 3. The summed E-state index contributed by atoms with van der Waals surface area (Å²) in [5.74, 6) is -5.71. The van der Waals surface area contributed by atoms with Crippen molar-refractivity contribution in [1.82, 2.24) is 15.0 Å². The first kappa shape index (κ1) is 24.6. The fourth-order valence-corrected chi connectivity index (χ4v) is 3.82. The van der Waals surface area contributed by atoms with Gasteiger partial charge >= 0.3 is 0 Å². The highest BCUT2D eigenvalue weighted by molar-refractivity contribution is 6.07. The van der Waals surface area contributed by atoms with E-state index in [-0.39, 0.29) is 17.3 Å². The van der Waals surface area contributed by atoms with Crippen LogP contribution in [-0.4, -0.2) is 26.8 Å². The first-order valence-corrected chi connectivity index (χ1v) is 10.9. The summed E-state index contributed by atoms with van der Waals surface area (Å²) in [4.78, 5) is 36.0. The molecule has 1 unspecified atom stereocenters. The molecule has 0 aliphatic heterocycles. The van der Waals surface area contributed by atoms with Gasteiger partial charge in [0.2, 0.25) is 5.95 Å². The lowest BCUT2D eigenvalue weighted by Crippen LogP contribution is -2.19. The second-order valence-corrected chi connectivity index (χ2v) is 7.96. The molecular formula is C25H21F3N6O2. The van der Waals surface area contributed by atoms with E-state index in [1.807, 2.05) is 6.92 Å². The smallest absolute Gasteiger partial charge is 0.263 e. The van der Waals surface area contributed by atoms with Gasteiger partial charge in [-0.25, -0.2) is 23.7 Å². The van der Waals surface area contributed by atoms with Gasteiger partial charge in [-0.1, -0.05) is 25.1 Å². The average molecular weight is 494 g/mol. The minimum atomic E-state index is -1.60. The average Bonchev–Trinajstić information content (AvgIpc) is 2.85. The van der Waals surface area contributed by atoms with Crippen molar-refractivity contribution < 1.29 is 22.8 Å². The summed E-state index contributed by atoms with van der Waals surface area (Å²) in [5, 5.41) is 6.29. The van der Waals surface area contributed by atoms with E-state index in [0.717, 1.165) is 12.5 Å². The van der Waals surface area contributed by atoms with E-state index in [1.165, 1.54) is 12.4 Å². The van der Waals surface area contributed by atoms with Crippen LogP contribution in [0.5, 0.6) is 0 Å². The summed E-state index contributed by atoms with van der Waals surface area (Å²) in [6.45, 7) is 3.02. The minimum absolute atomic E-state index is 0.237. The van der Waals surface area contributed by atoms with Crippen LogP contribution in [0.4, 0.5) is 24.7 Å². The topological polar surface area (TPSA) is 123 Å². The van der Waals surface area contributed by atoms with Crippen molar-refractivity contribution in [3.8, 4) is 0 Å². The highest BCUT2D eigenvalue weighted by atomic mass is 19.2. The van der Waals surface area contributed by atoms with Crippen LogP contribution < -0.4 is 16.4 Å². The summed E-state index contributed by atoms with van der Waals surface area (Å²) in [6, 6.07) is 11.3. The Labute approximate surface area is 203 Å². The molecule has 0 saturated heterocycles. The fraction of sp³-hybridized carbons (Fsp3) is 0.160. The van der Waals surface area contributed by atoms with Crippen molar-refractivity contribution in [2.45, 2.75) is 26.3 Å². The minimum Gasteiger partial charge on any atom is -0.366 e. The SMILES string of the molecule is CCC(Nc1ncnc2c(C(N)=O)cccc12)c1cccc(NC(=O)c2c(F)nc(C)c(F)c2F)c1. The lowest BCUT2D eigenvalue weighted by molar-refractivity contribution is 0.0997. The van der Waals surface area contributed by atoms with Crippen LogP contribution in [0.3, 0.4) is 0 Å². The zero-order chi connectivity index (χ0) is 26.0. The molecule has 0 bridgehead atoms. The molecule has 2 amide bonds. The van der Waals surface area contributed by atoms with E-state index in [9.17, 15) is 22.8 Å². The number of nitrogens with zero attached hydrogens (tertiary/aromatic N) is 3. The van der Waals surface area contributed by atoms with Gasteiger partial charge in [0.05, 0.1) is 22.8 Å². The number of hydrogen-bond acceptors (Lipinski definition) is 6. The molecule has 36 heavy (non-hydrogen) atoms. The summed E-state index contributed by atoms with van der Waals surface area (Å²) in [6.07, 6.45) is 1.91. The van der Waals surface area contributed by atoms with Crippen molar-refractivity contribution in [2.75, 3.05) is 10.6 Å². The Morgan fingerprint density at radius 2 is 1.81 bits per heavy atom. The van der Waals surface area contributed by atoms with Crippen molar-refractivity contribution in [2.24, 2.45) is 5.73 Å². The molecule has 4 N–H and O–H groups in total. The highest BCUT2D eigenvalue weighted by Gasteiger charge is 2.24. The van der Waals surface area contributed by atoms with Gasteiger partial charge in [0.25, 0.3) is 11.8 Å². The molecule has 184 valence electrons. The molecule has 2 heterocycles. The number of anilines is 2. The zero-order valence-electron chi connectivity index (χ0n) is 19.3. The maximum absolute atomic E-state index is 14.2. The van der Waals surface area contributed by atoms with E-state index in [0.29, 0.717) is 23.1 Å². The number of rotatable bonds is 7. The molecule has 1 atom stereocenters. The lowest BCUT2D eigenvalue weighted by Gasteiger charge is -2.20. The van der Waals surface area contributed by atoms with E-state index < -0.39 is 40.7 Å². The number of pyridine rings is 1. The van der Waals surface area contributed by atoms with Crippen LogP contribution in [0.25, 0.3) is 10.9 Å². The van der Waals surface area contributed by atoms with Crippen LogP contribution in [0.1, 0.15) is 51.4 Å². The number of amides is 2. The molecule has 0 saturated carbocycles. The number of primary amides is 1. The van der Waals surface area contributed by atoms with Crippen molar-refractivity contribution >= 4 is 34.2 Å². The molecule has 8 nitrogen and oxygen atoms in total. The number of fused-ring (bicyclic) bond motifs is 1. The fourth-order valence-electron chi connectivity index (χ4n) is 3.82. The number of aromatic nitrogens is 3. The molecule has 4 rings (SSSR count). The van der Waals surface area contributed by atoms with Crippen LogP contribution in [-0.2, 0) is 0 Å². The Hall–Kier alpha value is -4.54.